The van der Waals surface area contributed by atoms with Gasteiger partial charge in [0.15, 0.2) is 0 Å². The van der Waals surface area contributed by atoms with Gasteiger partial charge in [-0.25, -0.2) is 4.79 Å². The Balaban J connectivity index is 1.27. The number of aromatic amines is 1. The van der Waals surface area contributed by atoms with Crippen LogP contribution in [0.25, 0.3) is 10.9 Å². The number of benzene rings is 3. The number of amides is 3. The molecule has 2 atom stereocenters. The third-order valence-corrected chi connectivity index (χ3v) is 9.22. The molecule has 2 N–H and O–H groups in total. The average Bonchev–Trinajstić information content (AvgIpc) is 3.47. The minimum absolute atomic E-state index is 0.127. The van der Waals surface area contributed by atoms with Crippen molar-refractivity contribution >= 4 is 28.5 Å². The van der Waals surface area contributed by atoms with Crippen molar-refractivity contribution in [2.75, 3.05) is 45.2 Å². The number of carbonyl (C=O) groups is 2. The lowest BCUT2D eigenvalue weighted by atomic mass is 9.87. The number of hydrogen-bond acceptors (Lipinski definition) is 4. The van der Waals surface area contributed by atoms with Gasteiger partial charge in [-0.1, -0.05) is 55.5 Å². The summed E-state index contributed by atoms with van der Waals surface area (Å²) in [5.41, 5.74) is 6.53. The summed E-state index contributed by atoms with van der Waals surface area (Å²) >= 11 is 0. The van der Waals surface area contributed by atoms with Gasteiger partial charge < -0.3 is 29.7 Å². The highest BCUT2D eigenvalue weighted by Gasteiger charge is 2.37. The Kier molecular flexibility index (Phi) is 8.62. The molecule has 1 saturated heterocycles. The lowest BCUT2D eigenvalue weighted by molar-refractivity contribution is -0.121. The van der Waals surface area contributed by atoms with E-state index in [1.165, 1.54) is 11.1 Å². The van der Waals surface area contributed by atoms with E-state index in [4.69, 9.17) is 4.74 Å². The molecule has 0 aliphatic carbocycles. The summed E-state index contributed by atoms with van der Waals surface area (Å²) in [5.74, 6) is 0.722. The summed E-state index contributed by atoms with van der Waals surface area (Å²) in [6.45, 7) is 7.08. The first kappa shape index (κ1) is 29.8. The summed E-state index contributed by atoms with van der Waals surface area (Å²) in [4.78, 5) is 37.6. The fourth-order valence-electron chi connectivity index (χ4n) is 6.84. The zero-order valence-corrected chi connectivity index (χ0v) is 26.2. The topological polar surface area (TPSA) is 80.9 Å². The monoisotopic (exact) mass is 593 g/mol. The van der Waals surface area contributed by atoms with E-state index in [0.717, 1.165) is 47.1 Å². The molecular formula is C36H43N5O3. The Bertz CT molecular complexity index is 1640. The number of aryl methyl sites for hydroxylation is 1. The minimum Gasteiger partial charge on any atom is -0.490 e. The van der Waals surface area contributed by atoms with Crippen molar-refractivity contribution in [2.24, 2.45) is 0 Å². The predicted molar refractivity (Wildman–Crippen MR) is 175 cm³/mol. The molecule has 8 nitrogen and oxygen atoms in total. The molecule has 2 aliphatic heterocycles. The summed E-state index contributed by atoms with van der Waals surface area (Å²) in [7, 11) is 4.05. The molecule has 230 valence electrons. The maximum absolute atomic E-state index is 14.6. The van der Waals surface area contributed by atoms with E-state index in [9.17, 15) is 9.59 Å². The first-order valence-electron chi connectivity index (χ1n) is 15.7. The maximum Gasteiger partial charge on any atom is 0.318 e. The third-order valence-electron chi connectivity index (χ3n) is 9.22. The van der Waals surface area contributed by atoms with E-state index in [1.807, 2.05) is 68.5 Å². The van der Waals surface area contributed by atoms with E-state index < -0.39 is 6.04 Å². The van der Waals surface area contributed by atoms with E-state index in [0.29, 0.717) is 37.9 Å². The van der Waals surface area contributed by atoms with Crippen molar-refractivity contribution in [3.63, 3.8) is 0 Å². The van der Waals surface area contributed by atoms with Crippen LogP contribution in [0.4, 0.5) is 10.5 Å². The number of hydrogen-bond donors (Lipinski definition) is 2. The van der Waals surface area contributed by atoms with Gasteiger partial charge in [0, 0.05) is 42.7 Å². The van der Waals surface area contributed by atoms with Gasteiger partial charge in [-0.3, -0.25) is 4.79 Å². The average molecular weight is 594 g/mol. The van der Waals surface area contributed by atoms with Crippen molar-refractivity contribution in [3.8, 4) is 5.75 Å². The van der Waals surface area contributed by atoms with Crippen molar-refractivity contribution in [3.05, 3.63) is 95.2 Å². The van der Waals surface area contributed by atoms with Gasteiger partial charge in [0.25, 0.3) is 0 Å². The molecule has 0 spiro atoms. The second-order valence-electron chi connectivity index (χ2n) is 12.5. The Morgan fingerprint density at radius 3 is 2.55 bits per heavy atom. The fourth-order valence-corrected chi connectivity index (χ4v) is 6.84. The Morgan fingerprint density at radius 2 is 1.77 bits per heavy atom. The van der Waals surface area contributed by atoms with Crippen molar-refractivity contribution in [2.45, 2.75) is 51.1 Å². The van der Waals surface area contributed by atoms with Crippen molar-refractivity contribution < 1.29 is 14.3 Å². The van der Waals surface area contributed by atoms with Crippen LogP contribution in [0.2, 0.25) is 0 Å². The molecule has 4 aromatic rings. The van der Waals surface area contributed by atoms with E-state index >= 15 is 0 Å². The highest BCUT2D eigenvalue weighted by Crippen LogP contribution is 2.36. The van der Waals surface area contributed by atoms with Crippen molar-refractivity contribution in [1.29, 1.82) is 0 Å². The molecule has 2 aliphatic rings. The SMILES string of the molecule is Cc1ccccc1C1CCN(C(=O)N[C@@H](C(=O)N2CCOc3ccc(CN(C)C)cc32)[C@H](C)c2c[nH]c3ccccc23)CC1. The van der Waals surface area contributed by atoms with Gasteiger partial charge in [-0.2, -0.15) is 0 Å². The summed E-state index contributed by atoms with van der Waals surface area (Å²) in [6.07, 6.45) is 3.78. The smallest absolute Gasteiger partial charge is 0.318 e. The molecule has 3 heterocycles. The Morgan fingerprint density at radius 1 is 1.02 bits per heavy atom. The van der Waals surface area contributed by atoms with Crippen LogP contribution in [0.15, 0.2) is 72.9 Å². The standard InChI is InChI=1S/C36H43N5O3/c1-24-9-5-6-10-28(24)27-15-17-40(18-16-27)36(43)38-34(25(2)30-22-37-31-12-8-7-11-29(30)31)35(42)41-19-20-44-33-14-13-26(21-32(33)41)23-39(3)4/h5-14,21-22,25,27,34,37H,15-20,23H2,1-4H3,(H,38,43)/t25-,34-/m1/s1. The fraction of sp³-hybridized carbons (Fsp3) is 0.389. The molecule has 44 heavy (non-hydrogen) atoms. The molecular weight excluding hydrogens is 550 g/mol. The number of piperidine rings is 1. The number of para-hydroxylation sites is 1. The zero-order valence-electron chi connectivity index (χ0n) is 26.2. The molecule has 1 fully saturated rings. The first-order valence-corrected chi connectivity index (χ1v) is 15.7. The van der Waals surface area contributed by atoms with Gasteiger partial charge in [-0.05, 0) is 80.2 Å². The van der Waals surface area contributed by atoms with Gasteiger partial charge in [0.05, 0.1) is 12.2 Å². The number of ether oxygens (including phenoxy) is 1. The van der Waals surface area contributed by atoms with Crippen LogP contribution in [0.3, 0.4) is 0 Å². The minimum atomic E-state index is -0.765. The quantitative estimate of drug-likeness (QED) is 0.275. The van der Waals surface area contributed by atoms with Crippen LogP contribution in [-0.4, -0.2) is 73.1 Å². The number of aromatic nitrogens is 1. The molecule has 1 aromatic heterocycles. The van der Waals surface area contributed by atoms with Crippen LogP contribution < -0.4 is 15.0 Å². The zero-order chi connectivity index (χ0) is 30.8. The number of likely N-dealkylation sites (tertiary alicyclic amines) is 1. The number of nitrogens with one attached hydrogen (secondary N) is 2. The molecule has 8 heteroatoms. The lowest BCUT2D eigenvalue weighted by Crippen LogP contribution is -2.56. The number of anilines is 1. The summed E-state index contributed by atoms with van der Waals surface area (Å²) in [5, 5.41) is 4.27. The summed E-state index contributed by atoms with van der Waals surface area (Å²) < 4.78 is 5.96. The normalized spacial score (nSPS) is 16.8. The number of carbonyl (C=O) groups excluding carboxylic acids is 2. The number of H-pyrrole nitrogens is 1. The number of nitrogens with zero attached hydrogens (tertiary/aromatic N) is 3. The van der Waals surface area contributed by atoms with Gasteiger partial charge in [0.2, 0.25) is 5.91 Å². The van der Waals surface area contributed by atoms with Crippen LogP contribution >= 0.6 is 0 Å². The van der Waals surface area contributed by atoms with Crippen LogP contribution in [-0.2, 0) is 11.3 Å². The molecule has 6 rings (SSSR count). The predicted octanol–water partition coefficient (Wildman–Crippen LogP) is 6.02. The van der Waals surface area contributed by atoms with Crippen molar-refractivity contribution in [1.82, 2.24) is 20.1 Å². The molecule has 0 saturated carbocycles. The van der Waals surface area contributed by atoms with Crippen LogP contribution in [0, 0.1) is 6.92 Å². The third kappa shape index (κ3) is 6.04. The van der Waals surface area contributed by atoms with E-state index in [2.05, 4.69) is 52.5 Å². The number of rotatable bonds is 7. The van der Waals surface area contributed by atoms with E-state index in [1.54, 1.807) is 4.90 Å². The van der Waals surface area contributed by atoms with Crippen LogP contribution in [0.1, 0.15) is 53.9 Å². The lowest BCUT2D eigenvalue weighted by Gasteiger charge is -2.37. The van der Waals surface area contributed by atoms with Crippen LogP contribution in [0.5, 0.6) is 5.75 Å². The van der Waals surface area contributed by atoms with E-state index in [-0.39, 0.29) is 17.9 Å². The van der Waals surface area contributed by atoms with Gasteiger partial charge in [-0.15, -0.1) is 0 Å². The maximum atomic E-state index is 14.6. The summed E-state index contributed by atoms with van der Waals surface area (Å²) in [6, 6.07) is 21.7. The highest BCUT2D eigenvalue weighted by atomic mass is 16.5. The molecule has 3 amide bonds. The van der Waals surface area contributed by atoms with Gasteiger partial charge >= 0.3 is 6.03 Å². The number of urea groups is 1. The highest BCUT2D eigenvalue weighted by molar-refractivity contribution is 6.01. The second-order valence-corrected chi connectivity index (χ2v) is 12.5. The molecule has 0 bridgehead atoms. The van der Waals surface area contributed by atoms with Gasteiger partial charge in [0.1, 0.15) is 18.4 Å². The molecule has 0 unspecified atom stereocenters. The Hall–Kier alpha value is -4.30. The number of fused-ring (bicyclic) bond motifs is 2. The Labute approximate surface area is 260 Å². The first-order chi connectivity index (χ1) is 21.3. The molecule has 3 aromatic carbocycles. The largest absolute Gasteiger partial charge is 0.490 e. The second kappa shape index (κ2) is 12.7. The molecule has 0 radical (unpaired) electrons.